The number of ether oxygens (including phenoxy) is 2. The summed E-state index contributed by atoms with van der Waals surface area (Å²) in [5, 5.41) is 8.77. The van der Waals surface area contributed by atoms with Crippen molar-refractivity contribution in [3.8, 4) is 17.6 Å². The van der Waals surface area contributed by atoms with Crippen molar-refractivity contribution in [3.63, 3.8) is 0 Å². The highest BCUT2D eigenvalue weighted by Crippen LogP contribution is 2.36. The van der Waals surface area contributed by atoms with Gasteiger partial charge in [-0.1, -0.05) is 0 Å². The molecule has 0 saturated heterocycles. The lowest BCUT2D eigenvalue weighted by molar-refractivity contribution is -0.114. The SMILES string of the molecule is COc1cc(/C=C(/C#N)C(N)=O)cc(Br)c1OC. The Morgan fingerprint density at radius 1 is 1.44 bits per heavy atom. The number of rotatable bonds is 4. The van der Waals surface area contributed by atoms with E-state index in [0.29, 0.717) is 21.5 Å². The third-order valence-electron chi connectivity index (χ3n) is 2.15. The maximum absolute atomic E-state index is 11.0. The highest BCUT2D eigenvalue weighted by atomic mass is 79.9. The Bertz CT molecular complexity index is 547. The van der Waals surface area contributed by atoms with Crippen molar-refractivity contribution < 1.29 is 14.3 Å². The van der Waals surface area contributed by atoms with Gasteiger partial charge in [0, 0.05) is 0 Å². The molecule has 0 fully saturated rings. The third-order valence-corrected chi connectivity index (χ3v) is 2.74. The zero-order valence-corrected chi connectivity index (χ0v) is 11.4. The molecule has 0 aliphatic rings. The Hall–Kier alpha value is -2.00. The maximum atomic E-state index is 11.0. The van der Waals surface area contributed by atoms with Crippen molar-refractivity contribution in [2.45, 2.75) is 0 Å². The second-order valence-corrected chi connectivity index (χ2v) is 4.13. The predicted octanol–water partition coefficient (Wildman–Crippen LogP) is 1.86. The van der Waals surface area contributed by atoms with Gasteiger partial charge in [0.15, 0.2) is 11.5 Å². The number of primary amides is 1. The number of benzene rings is 1. The number of hydrogen-bond acceptors (Lipinski definition) is 4. The molecule has 1 aromatic rings. The molecule has 94 valence electrons. The first kappa shape index (κ1) is 14.1. The second-order valence-electron chi connectivity index (χ2n) is 3.27. The summed E-state index contributed by atoms with van der Waals surface area (Å²) in [5.41, 5.74) is 5.54. The number of hydrogen-bond donors (Lipinski definition) is 1. The van der Waals surface area contributed by atoms with Crippen molar-refractivity contribution >= 4 is 27.9 Å². The molecule has 0 bridgehead atoms. The molecule has 5 nitrogen and oxygen atoms in total. The normalized spacial score (nSPS) is 10.7. The van der Waals surface area contributed by atoms with Crippen LogP contribution in [0.1, 0.15) is 5.56 Å². The standard InChI is InChI=1S/C12H11BrN2O3/c1-17-10-5-7(3-8(6-14)12(15)16)4-9(13)11(10)18-2/h3-5H,1-2H3,(H2,15,16)/b8-3-. The van der Waals surface area contributed by atoms with Gasteiger partial charge in [0.05, 0.1) is 18.7 Å². The van der Waals surface area contributed by atoms with Crippen LogP contribution in [0.2, 0.25) is 0 Å². The fraction of sp³-hybridized carbons (Fsp3) is 0.167. The van der Waals surface area contributed by atoms with Gasteiger partial charge in [-0.15, -0.1) is 0 Å². The highest BCUT2D eigenvalue weighted by molar-refractivity contribution is 9.10. The topological polar surface area (TPSA) is 85.3 Å². The van der Waals surface area contributed by atoms with Gasteiger partial charge in [-0.25, -0.2) is 0 Å². The summed E-state index contributed by atoms with van der Waals surface area (Å²) in [6.45, 7) is 0. The monoisotopic (exact) mass is 310 g/mol. The van der Waals surface area contributed by atoms with Crippen molar-refractivity contribution in [3.05, 3.63) is 27.7 Å². The van der Waals surface area contributed by atoms with E-state index in [-0.39, 0.29) is 5.57 Å². The van der Waals surface area contributed by atoms with Crippen molar-refractivity contribution in [2.24, 2.45) is 5.73 Å². The summed E-state index contributed by atoms with van der Waals surface area (Å²) < 4.78 is 11.0. The molecule has 0 atom stereocenters. The summed E-state index contributed by atoms with van der Waals surface area (Å²) in [7, 11) is 3.01. The minimum absolute atomic E-state index is 0.130. The third kappa shape index (κ3) is 3.02. The second kappa shape index (κ2) is 6.07. The van der Waals surface area contributed by atoms with Crippen LogP contribution in [0.5, 0.6) is 11.5 Å². The number of nitriles is 1. The molecule has 0 heterocycles. The first-order chi connectivity index (χ1) is 8.53. The molecule has 6 heteroatoms. The number of carbonyl (C=O) groups excluding carboxylic acids is 1. The molecule has 0 saturated carbocycles. The molecule has 18 heavy (non-hydrogen) atoms. The Balaban J connectivity index is 3.33. The fourth-order valence-electron chi connectivity index (χ4n) is 1.35. The van der Waals surface area contributed by atoms with Gasteiger partial charge >= 0.3 is 0 Å². The summed E-state index contributed by atoms with van der Waals surface area (Å²) >= 11 is 3.31. The van der Waals surface area contributed by atoms with Crippen LogP contribution < -0.4 is 15.2 Å². The summed E-state index contributed by atoms with van der Waals surface area (Å²) in [6.07, 6.45) is 1.38. The number of amides is 1. The maximum Gasteiger partial charge on any atom is 0.259 e. The number of nitrogens with zero attached hydrogens (tertiary/aromatic N) is 1. The summed E-state index contributed by atoms with van der Waals surface area (Å²) in [5.74, 6) is 0.246. The van der Waals surface area contributed by atoms with Gasteiger partial charge in [-0.3, -0.25) is 4.79 Å². The zero-order valence-electron chi connectivity index (χ0n) is 9.86. The van der Waals surface area contributed by atoms with Crippen LogP contribution in [0.3, 0.4) is 0 Å². The lowest BCUT2D eigenvalue weighted by Gasteiger charge is -2.10. The Labute approximate surface area is 113 Å². The Morgan fingerprint density at radius 3 is 2.56 bits per heavy atom. The van der Waals surface area contributed by atoms with Crippen LogP contribution in [0.25, 0.3) is 6.08 Å². The molecule has 1 amide bonds. The number of nitrogens with two attached hydrogens (primary N) is 1. The van der Waals surface area contributed by atoms with Crippen LogP contribution in [-0.4, -0.2) is 20.1 Å². The summed E-state index contributed by atoms with van der Waals surface area (Å²) in [4.78, 5) is 11.0. The molecule has 0 spiro atoms. The van der Waals surface area contributed by atoms with Crippen molar-refractivity contribution in [2.75, 3.05) is 14.2 Å². The minimum atomic E-state index is -0.775. The number of halogens is 1. The van der Waals surface area contributed by atoms with Gasteiger partial charge in [0.1, 0.15) is 11.6 Å². The van der Waals surface area contributed by atoms with E-state index < -0.39 is 5.91 Å². The quantitative estimate of drug-likeness (QED) is 0.679. The molecule has 1 aromatic carbocycles. The van der Waals surface area contributed by atoms with E-state index in [2.05, 4.69) is 15.9 Å². The minimum Gasteiger partial charge on any atom is -0.493 e. The van der Waals surface area contributed by atoms with E-state index >= 15 is 0 Å². The van der Waals surface area contributed by atoms with Crippen LogP contribution >= 0.6 is 15.9 Å². The average Bonchev–Trinajstić information content (AvgIpc) is 2.34. The number of methoxy groups -OCH3 is 2. The molecule has 0 aliphatic carbocycles. The molecule has 2 N–H and O–H groups in total. The van der Waals surface area contributed by atoms with E-state index in [9.17, 15) is 4.79 Å². The number of carbonyl (C=O) groups is 1. The zero-order chi connectivity index (χ0) is 13.7. The molecule has 0 radical (unpaired) electrons. The Morgan fingerprint density at radius 2 is 2.11 bits per heavy atom. The van der Waals surface area contributed by atoms with Crippen LogP contribution in [0.15, 0.2) is 22.2 Å². The van der Waals surface area contributed by atoms with E-state index in [4.69, 9.17) is 20.5 Å². The van der Waals surface area contributed by atoms with Gasteiger partial charge in [0.25, 0.3) is 5.91 Å². The molecule has 1 rings (SSSR count). The van der Waals surface area contributed by atoms with Crippen molar-refractivity contribution in [1.29, 1.82) is 5.26 Å². The van der Waals surface area contributed by atoms with Crippen LogP contribution in [-0.2, 0) is 4.79 Å². The van der Waals surface area contributed by atoms with Crippen molar-refractivity contribution in [1.82, 2.24) is 0 Å². The Kier molecular flexibility index (Phi) is 4.75. The van der Waals surface area contributed by atoms with Crippen LogP contribution in [0, 0.1) is 11.3 Å². The lowest BCUT2D eigenvalue weighted by atomic mass is 10.1. The van der Waals surface area contributed by atoms with E-state index in [1.54, 1.807) is 18.2 Å². The first-order valence-corrected chi connectivity index (χ1v) is 5.66. The van der Waals surface area contributed by atoms with E-state index in [1.807, 2.05) is 0 Å². The smallest absolute Gasteiger partial charge is 0.259 e. The van der Waals surface area contributed by atoms with Gasteiger partial charge in [0.2, 0.25) is 0 Å². The molecule has 0 aliphatic heterocycles. The molecule has 0 aromatic heterocycles. The largest absolute Gasteiger partial charge is 0.493 e. The molecular weight excluding hydrogens is 300 g/mol. The van der Waals surface area contributed by atoms with Gasteiger partial charge < -0.3 is 15.2 Å². The lowest BCUT2D eigenvalue weighted by Crippen LogP contribution is -2.12. The van der Waals surface area contributed by atoms with Crippen LogP contribution in [0.4, 0.5) is 0 Å². The van der Waals surface area contributed by atoms with Gasteiger partial charge in [-0.2, -0.15) is 5.26 Å². The predicted molar refractivity (Wildman–Crippen MR) is 70.0 cm³/mol. The van der Waals surface area contributed by atoms with E-state index in [1.165, 1.54) is 20.3 Å². The van der Waals surface area contributed by atoms with E-state index in [0.717, 1.165) is 0 Å². The average molecular weight is 311 g/mol. The highest BCUT2D eigenvalue weighted by Gasteiger charge is 2.11. The fourth-order valence-corrected chi connectivity index (χ4v) is 1.97. The molecular formula is C12H11BrN2O3. The molecule has 0 unspecified atom stereocenters. The first-order valence-electron chi connectivity index (χ1n) is 4.86. The van der Waals surface area contributed by atoms with Gasteiger partial charge in [-0.05, 0) is 39.7 Å². The summed E-state index contributed by atoms with van der Waals surface area (Å²) in [6, 6.07) is 5.07.